The molecule has 0 aliphatic rings. The maximum atomic E-state index is 5.57. The number of para-hydroxylation sites is 1. The molecule has 0 amide bonds. The molecule has 0 saturated heterocycles. The van der Waals surface area contributed by atoms with Crippen LogP contribution in [0.1, 0.15) is 32.5 Å². The zero-order valence-electron chi connectivity index (χ0n) is 11.5. The van der Waals surface area contributed by atoms with E-state index in [4.69, 9.17) is 9.26 Å². The molecule has 0 fully saturated rings. The monoisotopic (exact) mass is 261 g/mol. The van der Waals surface area contributed by atoms with Crippen LogP contribution in [0.25, 0.3) is 0 Å². The molecule has 5 nitrogen and oxygen atoms in total. The van der Waals surface area contributed by atoms with Crippen LogP contribution in [0.15, 0.2) is 34.9 Å². The predicted octanol–water partition coefficient (Wildman–Crippen LogP) is 2.49. The normalized spacial score (nSPS) is 11.5. The van der Waals surface area contributed by atoms with Gasteiger partial charge in [-0.25, -0.2) is 0 Å². The summed E-state index contributed by atoms with van der Waals surface area (Å²) in [5.74, 6) is 1.91. The van der Waals surface area contributed by atoms with Crippen LogP contribution in [0.4, 0.5) is 0 Å². The van der Waals surface area contributed by atoms with Gasteiger partial charge in [-0.1, -0.05) is 30.3 Å². The Bertz CT molecular complexity index is 508. The Morgan fingerprint density at radius 1 is 1.26 bits per heavy atom. The van der Waals surface area contributed by atoms with Gasteiger partial charge in [0.05, 0.1) is 5.54 Å². The molecule has 19 heavy (non-hydrogen) atoms. The van der Waals surface area contributed by atoms with Crippen LogP contribution < -0.4 is 10.1 Å². The highest BCUT2D eigenvalue weighted by Gasteiger charge is 2.26. The van der Waals surface area contributed by atoms with E-state index in [-0.39, 0.29) is 5.54 Å². The number of rotatable bonds is 6. The Morgan fingerprint density at radius 3 is 2.68 bits per heavy atom. The van der Waals surface area contributed by atoms with Crippen molar-refractivity contribution in [2.45, 2.75) is 32.9 Å². The van der Waals surface area contributed by atoms with Gasteiger partial charge < -0.3 is 14.6 Å². The second-order valence-electron chi connectivity index (χ2n) is 4.77. The summed E-state index contributed by atoms with van der Waals surface area (Å²) >= 11 is 0. The zero-order chi connectivity index (χ0) is 13.7. The van der Waals surface area contributed by atoms with Crippen LogP contribution in [0.3, 0.4) is 0 Å². The molecule has 0 spiro atoms. The molecule has 0 atom stereocenters. The molecule has 0 aliphatic carbocycles. The molecule has 1 aromatic heterocycles. The van der Waals surface area contributed by atoms with Crippen molar-refractivity contribution >= 4 is 0 Å². The number of benzene rings is 1. The third-order valence-corrected chi connectivity index (χ3v) is 2.73. The maximum Gasteiger partial charge on any atom is 0.246 e. The molecule has 5 heteroatoms. The lowest BCUT2D eigenvalue weighted by Gasteiger charge is -2.20. The van der Waals surface area contributed by atoms with Gasteiger partial charge in [0.2, 0.25) is 11.7 Å². The second-order valence-corrected chi connectivity index (χ2v) is 4.77. The van der Waals surface area contributed by atoms with Gasteiger partial charge in [-0.3, -0.25) is 0 Å². The molecule has 2 aromatic rings. The Balaban J connectivity index is 1.98. The Morgan fingerprint density at radius 2 is 2.00 bits per heavy atom. The minimum Gasteiger partial charge on any atom is -0.485 e. The summed E-state index contributed by atoms with van der Waals surface area (Å²) in [7, 11) is 0. The molecule has 0 saturated carbocycles. The third kappa shape index (κ3) is 3.54. The quantitative estimate of drug-likeness (QED) is 0.865. The number of aromatic nitrogens is 2. The van der Waals surface area contributed by atoms with Crippen molar-refractivity contribution in [2.24, 2.45) is 0 Å². The molecular formula is C14H19N3O2. The SMILES string of the molecule is CCNC(C)(C)c1nc(COc2ccccc2)no1. The molecule has 0 bridgehead atoms. The molecule has 0 unspecified atom stereocenters. The Labute approximate surface area is 113 Å². The van der Waals surface area contributed by atoms with E-state index in [0.717, 1.165) is 12.3 Å². The molecule has 1 N–H and O–H groups in total. The fourth-order valence-electron chi connectivity index (χ4n) is 1.75. The van der Waals surface area contributed by atoms with Crippen molar-refractivity contribution in [3.05, 3.63) is 42.0 Å². The first-order valence-electron chi connectivity index (χ1n) is 6.38. The van der Waals surface area contributed by atoms with Gasteiger partial charge >= 0.3 is 0 Å². The highest BCUT2D eigenvalue weighted by molar-refractivity contribution is 5.21. The largest absolute Gasteiger partial charge is 0.485 e. The lowest BCUT2D eigenvalue weighted by molar-refractivity contribution is 0.262. The summed E-state index contributed by atoms with van der Waals surface area (Å²) < 4.78 is 10.8. The summed E-state index contributed by atoms with van der Waals surface area (Å²) in [6, 6.07) is 9.57. The van der Waals surface area contributed by atoms with E-state index in [2.05, 4.69) is 15.5 Å². The minimum atomic E-state index is -0.327. The number of nitrogens with one attached hydrogen (secondary N) is 1. The van der Waals surface area contributed by atoms with E-state index in [0.29, 0.717) is 18.3 Å². The molecule has 102 valence electrons. The van der Waals surface area contributed by atoms with Gasteiger partial charge in [-0.15, -0.1) is 0 Å². The van der Waals surface area contributed by atoms with Crippen molar-refractivity contribution in [1.82, 2.24) is 15.5 Å². The highest BCUT2D eigenvalue weighted by atomic mass is 16.5. The number of nitrogens with zero attached hydrogens (tertiary/aromatic N) is 2. The summed E-state index contributed by atoms with van der Waals surface area (Å²) in [4.78, 5) is 4.35. The van der Waals surface area contributed by atoms with E-state index in [1.165, 1.54) is 0 Å². The van der Waals surface area contributed by atoms with Crippen molar-refractivity contribution in [3.8, 4) is 5.75 Å². The molecule has 0 aliphatic heterocycles. The predicted molar refractivity (Wildman–Crippen MR) is 71.8 cm³/mol. The lowest BCUT2D eigenvalue weighted by atomic mass is 10.1. The first kappa shape index (κ1) is 13.5. The number of hydrogen-bond donors (Lipinski definition) is 1. The van der Waals surface area contributed by atoms with Gasteiger partial charge in [0, 0.05) is 0 Å². The van der Waals surface area contributed by atoms with E-state index < -0.39 is 0 Å². The van der Waals surface area contributed by atoms with Crippen LogP contribution in [-0.2, 0) is 12.1 Å². The maximum absolute atomic E-state index is 5.57. The Hall–Kier alpha value is -1.88. The minimum absolute atomic E-state index is 0.301. The van der Waals surface area contributed by atoms with Crippen molar-refractivity contribution in [2.75, 3.05) is 6.54 Å². The van der Waals surface area contributed by atoms with E-state index >= 15 is 0 Å². The summed E-state index contributed by atoms with van der Waals surface area (Å²) in [5, 5.41) is 7.22. The number of ether oxygens (including phenoxy) is 1. The summed E-state index contributed by atoms with van der Waals surface area (Å²) in [6.07, 6.45) is 0. The standard InChI is InChI=1S/C14H19N3O2/c1-4-15-14(2,3)13-16-12(17-19-13)10-18-11-8-6-5-7-9-11/h5-9,15H,4,10H2,1-3H3. The van der Waals surface area contributed by atoms with Crippen molar-refractivity contribution < 1.29 is 9.26 Å². The fraction of sp³-hybridized carbons (Fsp3) is 0.429. The smallest absolute Gasteiger partial charge is 0.246 e. The topological polar surface area (TPSA) is 60.2 Å². The molecule has 1 aromatic carbocycles. The van der Waals surface area contributed by atoms with Crippen LogP contribution in [0.5, 0.6) is 5.75 Å². The second kappa shape index (κ2) is 5.84. The average Bonchev–Trinajstić information content (AvgIpc) is 2.87. The molecule has 1 heterocycles. The van der Waals surface area contributed by atoms with E-state index in [9.17, 15) is 0 Å². The van der Waals surface area contributed by atoms with Gasteiger partial charge in [0.15, 0.2) is 6.61 Å². The summed E-state index contributed by atoms with van der Waals surface area (Å²) in [6.45, 7) is 7.19. The van der Waals surface area contributed by atoms with Gasteiger partial charge in [-0.2, -0.15) is 4.98 Å². The van der Waals surface area contributed by atoms with Gasteiger partial charge in [0.1, 0.15) is 5.75 Å². The highest BCUT2D eigenvalue weighted by Crippen LogP contribution is 2.18. The van der Waals surface area contributed by atoms with Crippen molar-refractivity contribution in [3.63, 3.8) is 0 Å². The number of hydrogen-bond acceptors (Lipinski definition) is 5. The lowest BCUT2D eigenvalue weighted by Crippen LogP contribution is -2.36. The van der Waals surface area contributed by atoms with Gasteiger partial charge in [-0.05, 0) is 32.5 Å². The van der Waals surface area contributed by atoms with Crippen molar-refractivity contribution in [1.29, 1.82) is 0 Å². The zero-order valence-corrected chi connectivity index (χ0v) is 11.5. The van der Waals surface area contributed by atoms with Crippen LogP contribution >= 0.6 is 0 Å². The van der Waals surface area contributed by atoms with Gasteiger partial charge in [0.25, 0.3) is 0 Å². The van der Waals surface area contributed by atoms with E-state index in [1.54, 1.807) is 0 Å². The molecular weight excluding hydrogens is 242 g/mol. The Kier molecular flexibility index (Phi) is 4.16. The van der Waals surface area contributed by atoms with E-state index in [1.807, 2.05) is 51.1 Å². The van der Waals surface area contributed by atoms with Crippen LogP contribution in [0, 0.1) is 0 Å². The molecule has 0 radical (unpaired) electrons. The van der Waals surface area contributed by atoms with Crippen LogP contribution in [-0.4, -0.2) is 16.7 Å². The first-order chi connectivity index (χ1) is 9.12. The summed E-state index contributed by atoms with van der Waals surface area (Å²) in [5.41, 5.74) is -0.327. The van der Waals surface area contributed by atoms with Crippen LogP contribution in [0.2, 0.25) is 0 Å². The molecule has 2 rings (SSSR count). The first-order valence-corrected chi connectivity index (χ1v) is 6.38. The third-order valence-electron chi connectivity index (χ3n) is 2.73. The average molecular weight is 261 g/mol. The fourth-order valence-corrected chi connectivity index (χ4v) is 1.75.